The quantitative estimate of drug-likeness (QED) is 0.559. The molecule has 27 heavy (non-hydrogen) atoms. The zero-order valence-corrected chi connectivity index (χ0v) is 17.5. The summed E-state index contributed by atoms with van der Waals surface area (Å²) in [5.41, 5.74) is 5.07. The molecule has 1 N–H and O–H groups in total. The number of hydrogen-bond acceptors (Lipinski definition) is 2. The Balaban J connectivity index is 1.56. The first-order valence-corrected chi connectivity index (χ1v) is 11.7. The molecule has 1 aromatic rings. The van der Waals surface area contributed by atoms with Crippen LogP contribution in [0.25, 0.3) is 0 Å². The van der Waals surface area contributed by atoms with E-state index in [1.54, 1.807) is 11.1 Å². The average molecular weight is 369 g/mol. The summed E-state index contributed by atoms with van der Waals surface area (Å²) in [7, 11) is 0. The molecule has 1 heterocycles. The second kappa shape index (κ2) is 8.55. The predicted octanol–water partition coefficient (Wildman–Crippen LogP) is 6.11. The van der Waals surface area contributed by atoms with Crippen LogP contribution in [0.1, 0.15) is 94.7 Å². The fourth-order valence-corrected chi connectivity index (χ4v) is 6.20. The standard InChI is InChI=1S/C25H38NO/c1-3-5-6-7-10-15-27-24-18-22-20(16-19(24)4-2)17-23-21-11-8-9-12-25(21,22)13-14-26-23/h15-16,18,21,23,26H,3-14,17H2,1-2H3/t21-,23+,25+/m0/s1. The lowest BCUT2D eigenvalue weighted by Gasteiger charge is -2.56. The minimum absolute atomic E-state index is 0.424. The first kappa shape index (κ1) is 19.3. The number of unbranched alkanes of at least 4 members (excludes halogenated alkanes) is 4. The van der Waals surface area contributed by atoms with Crippen LogP contribution in [0.5, 0.6) is 5.75 Å². The molecular formula is C25H38NO. The van der Waals surface area contributed by atoms with Gasteiger partial charge >= 0.3 is 0 Å². The maximum atomic E-state index is 6.25. The minimum atomic E-state index is 0.424. The van der Waals surface area contributed by atoms with E-state index in [-0.39, 0.29) is 0 Å². The third-order valence-electron chi connectivity index (χ3n) is 7.59. The highest BCUT2D eigenvalue weighted by molar-refractivity contribution is 5.50. The molecule has 0 aromatic heterocycles. The molecule has 3 aliphatic rings. The summed E-state index contributed by atoms with van der Waals surface area (Å²) in [4.78, 5) is 0. The summed E-state index contributed by atoms with van der Waals surface area (Å²) in [5, 5.41) is 3.86. The van der Waals surface area contributed by atoms with Crippen LogP contribution in [0, 0.1) is 12.5 Å². The number of fused-ring (bicyclic) bond motifs is 1. The van der Waals surface area contributed by atoms with Crippen molar-refractivity contribution in [1.82, 2.24) is 5.32 Å². The van der Waals surface area contributed by atoms with E-state index in [9.17, 15) is 0 Å². The Labute approximate surface area is 166 Å². The van der Waals surface area contributed by atoms with E-state index in [4.69, 9.17) is 4.74 Å². The molecule has 1 saturated heterocycles. The Bertz CT molecular complexity index is 635. The lowest BCUT2D eigenvalue weighted by molar-refractivity contribution is 0.0795. The molecule has 0 unspecified atom stereocenters. The molecule has 1 radical (unpaired) electrons. The van der Waals surface area contributed by atoms with E-state index in [1.807, 2.05) is 0 Å². The van der Waals surface area contributed by atoms with Crippen molar-refractivity contribution in [2.75, 3.05) is 6.54 Å². The van der Waals surface area contributed by atoms with E-state index in [1.165, 1.54) is 76.3 Å². The summed E-state index contributed by atoms with van der Waals surface area (Å²) in [6.45, 7) is 7.79. The molecule has 0 spiro atoms. The van der Waals surface area contributed by atoms with Crippen molar-refractivity contribution in [2.45, 2.75) is 102 Å². The van der Waals surface area contributed by atoms with Gasteiger partial charge in [0.1, 0.15) is 12.4 Å². The van der Waals surface area contributed by atoms with Gasteiger partial charge in [-0.05, 0) is 80.2 Å². The van der Waals surface area contributed by atoms with Crippen LogP contribution in [0.2, 0.25) is 0 Å². The fourth-order valence-electron chi connectivity index (χ4n) is 6.20. The normalized spacial score (nSPS) is 29.1. The molecule has 1 aliphatic heterocycles. The Hall–Kier alpha value is -1.02. The fraction of sp³-hybridized carbons (Fsp3) is 0.720. The van der Waals surface area contributed by atoms with Crippen molar-refractivity contribution < 1.29 is 4.74 Å². The first-order chi connectivity index (χ1) is 13.3. The van der Waals surface area contributed by atoms with Crippen LogP contribution in [0.3, 0.4) is 0 Å². The van der Waals surface area contributed by atoms with Gasteiger partial charge in [0.05, 0.1) is 0 Å². The third kappa shape index (κ3) is 3.67. The maximum Gasteiger partial charge on any atom is 0.135 e. The van der Waals surface area contributed by atoms with E-state index in [0.717, 1.165) is 24.5 Å². The minimum Gasteiger partial charge on any atom is -0.486 e. The van der Waals surface area contributed by atoms with Crippen molar-refractivity contribution in [1.29, 1.82) is 0 Å². The highest BCUT2D eigenvalue weighted by Crippen LogP contribution is 2.54. The van der Waals surface area contributed by atoms with Crippen LogP contribution >= 0.6 is 0 Å². The van der Waals surface area contributed by atoms with Crippen LogP contribution in [-0.4, -0.2) is 12.6 Å². The lowest BCUT2D eigenvalue weighted by atomic mass is 9.52. The monoisotopic (exact) mass is 368 g/mol. The Kier molecular flexibility index (Phi) is 6.12. The number of ether oxygens (including phenoxy) is 1. The summed E-state index contributed by atoms with van der Waals surface area (Å²) in [5.74, 6) is 1.98. The van der Waals surface area contributed by atoms with Crippen molar-refractivity contribution in [3.05, 3.63) is 35.4 Å². The molecule has 1 saturated carbocycles. The Morgan fingerprint density at radius 1 is 1.15 bits per heavy atom. The average Bonchev–Trinajstić information content (AvgIpc) is 2.70. The molecule has 1 aromatic carbocycles. The SMILES string of the molecule is CCCCCC[CH]Oc1cc2c(cc1CC)C[C@H]1NCC[C@@]23CCCC[C@@H]13. The first-order valence-electron chi connectivity index (χ1n) is 11.7. The molecule has 2 nitrogen and oxygen atoms in total. The number of rotatable bonds is 8. The highest BCUT2D eigenvalue weighted by Gasteiger charge is 2.51. The number of piperidine rings is 1. The second-order valence-electron chi connectivity index (χ2n) is 9.13. The van der Waals surface area contributed by atoms with Crippen LogP contribution in [0.15, 0.2) is 12.1 Å². The molecule has 3 atom stereocenters. The van der Waals surface area contributed by atoms with Crippen LogP contribution in [-0.2, 0) is 18.3 Å². The van der Waals surface area contributed by atoms with Gasteiger partial charge in [0.15, 0.2) is 0 Å². The van der Waals surface area contributed by atoms with E-state index in [2.05, 4.69) is 37.9 Å². The molecule has 2 fully saturated rings. The Morgan fingerprint density at radius 2 is 2.07 bits per heavy atom. The van der Waals surface area contributed by atoms with E-state index < -0.39 is 0 Å². The zero-order chi connectivity index (χ0) is 18.7. The molecule has 149 valence electrons. The number of aryl methyl sites for hydroxylation is 1. The summed E-state index contributed by atoms with van der Waals surface area (Å²) in [6.07, 6.45) is 15.5. The van der Waals surface area contributed by atoms with Gasteiger partial charge in [-0.1, -0.05) is 52.0 Å². The van der Waals surface area contributed by atoms with Gasteiger partial charge in [0.25, 0.3) is 0 Å². The topological polar surface area (TPSA) is 21.3 Å². The third-order valence-corrected chi connectivity index (χ3v) is 7.59. The molecule has 2 heteroatoms. The number of nitrogens with one attached hydrogen (secondary N) is 1. The molecule has 2 bridgehead atoms. The number of benzene rings is 1. The van der Waals surface area contributed by atoms with Gasteiger partial charge in [0.2, 0.25) is 0 Å². The Morgan fingerprint density at radius 3 is 2.93 bits per heavy atom. The zero-order valence-electron chi connectivity index (χ0n) is 17.5. The molecule has 4 rings (SSSR count). The van der Waals surface area contributed by atoms with Crippen molar-refractivity contribution in [3.63, 3.8) is 0 Å². The highest BCUT2D eigenvalue weighted by atomic mass is 16.5. The van der Waals surface area contributed by atoms with E-state index >= 15 is 0 Å². The summed E-state index contributed by atoms with van der Waals surface area (Å²) < 4.78 is 6.25. The van der Waals surface area contributed by atoms with Gasteiger partial charge in [-0.25, -0.2) is 0 Å². The lowest BCUT2D eigenvalue weighted by Crippen LogP contribution is -2.59. The van der Waals surface area contributed by atoms with Crippen molar-refractivity contribution >= 4 is 0 Å². The smallest absolute Gasteiger partial charge is 0.135 e. The van der Waals surface area contributed by atoms with Gasteiger partial charge < -0.3 is 10.1 Å². The molecule has 2 aliphatic carbocycles. The molecule has 0 amide bonds. The van der Waals surface area contributed by atoms with Gasteiger partial charge in [-0.15, -0.1) is 0 Å². The second-order valence-corrected chi connectivity index (χ2v) is 9.13. The van der Waals surface area contributed by atoms with Gasteiger partial charge in [-0.3, -0.25) is 0 Å². The number of hydrogen-bond donors (Lipinski definition) is 1. The summed E-state index contributed by atoms with van der Waals surface area (Å²) in [6, 6.07) is 5.66. The van der Waals surface area contributed by atoms with Crippen LogP contribution in [0.4, 0.5) is 0 Å². The largest absolute Gasteiger partial charge is 0.486 e. The predicted molar refractivity (Wildman–Crippen MR) is 113 cm³/mol. The van der Waals surface area contributed by atoms with Crippen LogP contribution < -0.4 is 10.1 Å². The van der Waals surface area contributed by atoms with Crippen molar-refractivity contribution in [3.8, 4) is 5.75 Å². The van der Waals surface area contributed by atoms with Gasteiger partial charge in [0, 0.05) is 11.5 Å². The maximum absolute atomic E-state index is 6.25. The van der Waals surface area contributed by atoms with Gasteiger partial charge in [-0.2, -0.15) is 0 Å². The van der Waals surface area contributed by atoms with Crippen molar-refractivity contribution in [2.24, 2.45) is 5.92 Å². The molecular weight excluding hydrogens is 330 g/mol. The summed E-state index contributed by atoms with van der Waals surface area (Å²) >= 11 is 0. The van der Waals surface area contributed by atoms with E-state index in [0.29, 0.717) is 11.5 Å².